The Morgan fingerprint density at radius 3 is 2.64 bits per heavy atom. The first-order valence-electron chi connectivity index (χ1n) is 10.5. The van der Waals surface area contributed by atoms with Gasteiger partial charge in [0.1, 0.15) is 17.7 Å². The highest BCUT2D eigenvalue weighted by Crippen LogP contribution is 2.28. The van der Waals surface area contributed by atoms with Crippen molar-refractivity contribution in [2.24, 2.45) is 6.98 Å². The largest absolute Gasteiger partial charge is 0.339 e. The monoisotopic (exact) mass is 381 g/mol. The fourth-order valence-corrected chi connectivity index (χ4v) is 3.80. The Balaban J connectivity index is 2.12. The number of imidazole rings is 1. The molecule has 1 amide bonds. The van der Waals surface area contributed by atoms with Crippen LogP contribution in [-0.4, -0.2) is 43.6 Å². The van der Waals surface area contributed by atoms with Gasteiger partial charge in [-0.05, 0) is 43.5 Å². The van der Waals surface area contributed by atoms with Gasteiger partial charge in [0.25, 0.3) is 5.56 Å². The molecule has 0 spiro atoms. The molecule has 0 unspecified atom stereocenters. The zero-order chi connectivity index (χ0) is 22.7. The van der Waals surface area contributed by atoms with Gasteiger partial charge in [-0.3, -0.25) is 23.4 Å². The zero-order valence-corrected chi connectivity index (χ0v) is 15.9. The molecule has 1 aliphatic rings. The van der Waals surface area contributed by atoms with E-state index in [0.717, 1.165) is 10.1 Å². The molecule has 7 nitrogen and oxygen atoms in total. The molecule has 0 saturated carbocycles. The Labute approximate surface area is 166 Å². The van der Waals surface area contributed by atoms with Crippen LogP contribution in [-0.2, 0) is 11.8 Å². The summed E-state index contributed by atoms with van der Waals surface area (Å²) in [5.74, 6) is -0.276. The predicted octanol–water partition coefficient (Wildman–Crippen LogP) is 2.33. The van der Waals surface area contributed by atoms with Gasteiger partial charge in [-0.1, -0.05) is 6.08 Å². The summed E-state index contributed by atoms with van der Waals surface area (Å²) < 4.78 is 26.3. The molecular weight excluding hydrogens is 356 g/mol. The molecule has 0 bridgehead atoms. The first-order valence-corrected chi connectivity index (χ1v) is 9.03. The lowest BCUT2D eigenvalue weighted by molar-refractivity contribution is -0.128. The number of aryl methyl sites for hydroxylation is 2. The average molecular weight is 381 g/mol. The first kappa shape index (κ1) is 14.8. The van der Waals surface area contributed by atoms with Crippen molar-refractivity contribution in [2.75, 3.05) is 13.1 Å². The molecule has 0 N–H and O–H groups in total. The number of ketones is 1. The summed E-state index contributed by atoms with van der Waals surface area (Å²) in [7, 11) is 0. The minimum Gasteiger partial charge on any atom is -0.339 e. The van der Waals surface area contributed by atoms with Crippen molar-refractivity contribution in [3.63, 3.8) is 0 Å². The number of Topliss-reactive ketones (excluding diaryl/α,β-unsaturated/α-hetero) is 1. The number of amides is 1. The standard InChI is InChI=1S/C21H22N4O3/c1-12-9-16(13(2)26)19-17(10-12)21(28)23(4)20-18(22-11-25(19)20)15-5-7-24(8-6-15)14(3)27/h5,9-11H,6-8H2,1-4H3/i4D3. The van der Waals surface area contributed by atoms with E-state index in [1.54, 1.807) is 24.0 Å². The maximum atomic E-state index is 13.4. The molecule has 0 atom stereocenters. The number of nitrogens with zero attached hydrogens (tertiary/aromatic N) is 4. The third kappa shape index (κ3) is 2.66. The Kier molecular flexibility index (Phi) is 3.40. The second-order valence-electron chi connectivity index (χ2n) is 7.14. The van der Waals surface area contributed by atoms with E-state index in [-0.39, 0.29) is 22.7 Å². The molecule has 144 valence electrons. The summed E-state index contributed by atoms with van der Waals surface area (Å²) in [6.07, 6.45) is 3.76. The van der Waals surface area contributed by atoms with Crippen LogP contribution in [0.2, 0.25) is 0 Å². The minimum atomic E-state index is -2.75. The van der Waals surface area contributed by atoms with Crippen molar-refractivity contribution in [3.05, 3.63) is 51.7 Å². The third-order valence-electron chi connectivity index (χ3n) is 5.22. The second kappa shape index (κ2) is 6.44. The van der Waals surface area contributed by atoms with Crippen LogP contribution >= 0.6 is 0 Å². The van der Waals surface area contributed by atoms with Crippen LogP contribution in [0.3, 0.4) is 0 Å². The number of carbonyl (C=O) groups excluding carboxylic acids is 2. The SMILES string of the molecule is [2H]C([2H])([2H])n1c(=O)c2cc(C)cc(C(C)=O)c2n2cnc(C3=CCN(C(C)=O)CC3)c12. The van der Waals surface area contributed by atoms with Gasteiger partial charge in [0, 0.05) is 36.7 Å². The highest BCUT2D eigenvalue weighted by Gasteiger charge is 2.22. The van der Waals surface area contributed by atoms with Gasteiger partial charge in [0.15, 0.2) is 5.78 Å². The lowest BCUT2D eigenvalue weighted by atomic mass is 10.0. The van der Waals surface area contributed by atoms with E-state index in [0.29, 0.717) is 41.8 Å². The molecule has 0 fully saturated rings. The number of carbonyl (C=O) groups is 2. The number of rotatable bonds is 2. The lowest BCUT2D eigenvalue weighted by Crippen LogP contribution is -2.32. The normalized spacial score (nSPS) is 16.6. The molecular formula is C21H22N4O3. The Bertz CT molecular complexity index is 1350. The van der Waals surface area contributed by atoms with Gasteiger partial charge in [0.2, 0.25) is 5.91 Å². The molecule has 2 aromatic heterocycles. The molecule has 1 aliphatic heterocycles. The summed E-state index contributed by atoms with van der Waals surface area (Å²) in [6, 6.07) is 3.28. The second-order valence-corrected chi connectivity index (χ2v) is 7.14. The zero-order valence-electron chi connectivity index (χ0n) is 18.9. The molecule has 7 heteroatoms. The minimum absolute atomic E-state index is 0.0446. The van der Waals surface area contributed by atoms with Gasteiger partial charge in [-0.15, -0.1) is 0 Å². The topological polar surface area (TPSA) is 76.7 Å². The maximum Gasteiger partial charge on any atom is 0.261 e. The predicted molar refractivity (Wildman–Crippen MR) is 108 cm³/mol. The van der Waals surface area contributed by atoms with E-state index < -0.39 is 12.5 Å². The molecule has 3 aromatic rings. The van der Waals surface area contributed by atoms with Gasteiger partial charge in [0.05, 0.1) is 10.9 Å². The van der Waals surface area contributed by atoms with E-state index in [2.05, 4.69) is 4.98 Å². The summed E-state index contributed by atoms with van der Waals surface area (Å²) in [4.78, 5) is 43.5. The van der Waals surface area contributed by atoms with Gasteiger partial charge in [-0.25, -0.2) is 4.98 Å². The van der Waals surface area contributed by atoms with Crippen LogP contribution in [0.25, 0.3) is 22.1 Å². The van der Waals surface area contributed by atoms with Crippen molar-refractivity contribution in [1.82, 2.24) is 18.9 Å². The molecule has 28 heavy (non-hydrogen) atoms. The van der Waals surface area contributed by atoms with Crippen molar-refractivity contribution in [1.29, 1.82) is 0 Å². The van der Waals surface area contributed by atoms with Crippen LogP contribution in [0, 0.1) is 6.92 Å². The van der Waals surface area contributed by atoms with E-state index in [1.807, 2.05) is 6.08 Å². The molecule has 0 radical (unpaired) electrons. The molecule has 0 saturated heterocycles. The van der Waals surface area contributed by atoms with Crippen LogP contribution in [0.4, 0.5) is 0 Å². The lowest BCUT2D eigenvalue weighted by Gasteiger charge is -2.25. The summed E-state index contributed by atoms with van der Waals surface area (Å²) in [5.41, 5.74) is 1.91. The van der Waals surface area contributed by atoms with E-state index in [9.17, 15) is 14.4 Å². The van der Waals surface area contributed by atoms with Gasteiger partial charge in [-0.2, -0.15) is 0 Å². The smallest absolute Gasteiger partial charge is 0.261 e. The van der Waals surface area contributed by atoms with E-state index in [1.165, 1.54) is 24.6 Å². The molecule has 0 aliphatic carbocycles. The Hall–Kier alpha value is -3.22. The van der Waals surface area contributed by atoms with Gasteiger partial charge < -0.3 is 4.90 Å². The van der Waals surface area contributed by atoms with Crippen molar-refractivity contribution in [3.8, 4) is 0 Å². The fourth-order valence-electron chi connectivity index (χ4n) is 3.80. The van der Waals surface area contributed by atoms with Gasteiger partial charge >= 0.3 is 0 Å². The average Bonchev–Trinajstić information content (AvgIpc) is 3.10. The number of fused-ring (bicyclic) bond motifs is 3. The van der Waals surface area contributed by atoms with Crippen molar-refractivity contribution in [2.45, 2.75) is 27.2 Å². The van der Waals surface area contributed by atoms with Crippen molar-refractivity contribution >= 4 is 33.8 Å². The summed E-state index contributed by atoms with van der Waals surface area (Å²) in [5, 5.41) is 0.151. The quantitative estimate of drug-likeness (QED) is 0.639. The van der Waals surface area contributed by atoms with Crippen LogP contribution < -0.4 is 5.56 Å². The number of benzene rings is 1. The highest BCUT2D eigenvalue weighted by atomic mass is 16.2. The molecule has 3 heterocycles. The van der Waals surface area contributed by atoms with Crippen molar-refractivity contribution < 1.29 is 13.7 Å². The molecule has 1 aromatic carbocycles. The Morgan fingerprint density at radius 2 is 2.04 bits per heavy atom. The molecule has 4 rings (SSSR count). The Morgan fingerprint density at radius 1 is 1.25 bits per heavy atom. The van der Waals surface area contributed by atoms with Crippen LogP contribution in [0.1, 0.15) is 46.0 Å². The summed E-state index contributed by atoms with van der Waals surface area (Å²) in [6.45, 7) is 2.77. The number of aromatic nitrogens is 3. The third-order valence-corrected chi connectivity index (χ3v) is 5.22. The first-order chi connectivity index (χ1) is 14.5. The number of hydrogen-bond donors (Lipinski definition) is 0. The maximum absolute atomic E-state index is 13.4. The fraction of sp³-hybridized carbons (Fsp3) is 0.333. The summed E-state index contributed by atoms with van der Waals surface area (Å²) >= 11 is 0. The van der Waals surface area contributed by atoms with E-state index >= 15 is 0 Å². The highest BCUT2D eigenvalue weighted by molar-refractivity contribution is 6.06. The number of hydrogen-bond acceptors (Lipinski definition) is 4. The van der Waals surface area contributed by atoms with Crippen LogP contribution in [0.15, 0.2) is 29.3 Å². The van der Waals surface area contributed by atoms with Crippen LogP contribution in [0.5, 0.6) is 0 Å². The van der Waals surface area contributed by atoms with E-state index in [4.69, 9.17) is 4.11 Å².